The number of nitrogen functional groups attached to an aromatic ring is 1. The number of hydrogen-bond donors (Lipinski definition) is 2. The van der Waals surface area contributed by atoms with Gasteiger partial charge in [-0.3, -0.25) is 5.41 Å². The van der Waals surface area contributed by atoms with Crippen molar-refractivity contribution in [2.75, 3.05) is 5.73 Å². The number of nitrogens with zero attached hydrogens (tertiary/aromatic N) is 2. The van der Waals surface area contributed by atoms with E-state index in [4.69, 9.17) is 11.1 Å². The van der Waals surface area contributed by atoms with Crippen molar-refractivity contribution in [3.05, 3.63) is 53.5 Å². The predicted molar refractivity (Wildman–Crippen MR) is 63.6 cm³/mol. The summed E-state index contributed by atoms with van der Waals surface area (Å²) in [5.41, 5.74) is 7.99. The van der Waals surface area contributed by atoms with Crippen molar-refractivity contribution < 1.29 is 0 Å². The van der Waals surface area contributed by atoms with E-state index < -0.39 is 0 Å². The van der Waals surface area contributed by atoms with Crippen LogP contribution in [0.5, 0.6) is 0 Å². The smallest absolute Gasteiger partial charge is 0.151 e. The molecule has 80 valence electrons. The zero-order valence-corrected chi connectivity index (χ0v) is 8.94. The zero-order valence-electron chi connectivity index (χ0n) is 8.94. The molecule has 16 heavy (non-hydrogen) atoms. The number of aryl methyl sites for hydroxylation is 1. The summed E-state index contributed by atoms with van der Waals surface area (Å²) in [6.07, 6.45) is 1.59. The van der Waals surface area contributed by atoms with Crippen molar-refractivity contribution in [1.29, 1.82) is 5.41 Å². The average Bonchev–Trinajstić information content (AvgIpc) is 2.32. The van der Waals surface area contributed by atoms with E-state index in [0.29, 0.717) is 17.2 Å². The van der Waals surface area contributed by atoms with Crippen LogP contribution in [0.4, 0.5) is 5.82 Å². The Labute approximate surface area is 93.7 Å². The van der Waals surface area contributed by atoms with Gasteiger partial charge in [-0.25, -0.2) is 9.97 Å². The third-order valence-electron chi connectivity index (χ3n) is 2.22. The van der Waals surface area contributed by atoms with E-state index in [0.717, 1.165) is 11.3 Å². The monoisotopic (exact) mass is 212 g/mol. The largest absolute Gasteiger partial charge is 0.382 e. The Morgan fingerprint density at radius 1 is 1.25 bits per heavy atom. The van der Waals surface area contributed by atoms with E-state index in [1.54, 1.807) is 6.20 Å². The lowest BCUT2D eigenvalue weighted by atomic mass is 10.1. The minimum absolute atomic E-state index is 0.291. The van der Waals surface area contributed by atoms with Crippen molar-refractivity contribution in [2.45, 2.75) is 6.92 Å². The van der Waals surface area contributed by atoms with Crippen molar-refractivity contribution in [3.63, 3.8) is 0 Å². The van der Waals surface area contributed by atoms with Gasteiger partial charge in [0.15, 0.2) is 5.82 Å². The molecule has 4 nitrogen and oxygen atoms in total. The summed E-state index contributed by atoms with van der Waals surface area (Å²) in [6, 6.07) is 9.37. The van der Waals surface area contributed by atoms with Crippen LogP contribution in [0, 0.1) is 12.3 Å². The molecule has 2 aromatic rings. The molecular weight excluding hydrogens is 200 g/mol. The molecule has 0 saturated carbocycles. The van der Waals surface area contributed by atoms with E-state index in [2.05, 4.69) is 9.97 Å². The van der Waals surface area contributed by atoms with Gasteiger partial charge in [0, 0.05) is 5.56 Å². The standard InChI is InChI=1S/C12H12N4/c1-8-7-15-12(14)11(16-8)10(13)9-5-3-2-4-6-9/h2-7,13H,1H3,(H2,14,15). The number of nitrogens with two attached hydrogens (primary N) is 1. The molecule has 0 amide bonds. The van der Waals surface area contributed by atoms with Crippen LogP contribution in [0.3, 0.4) is 0 Å². The molecule has 1 aromatic carbocycles. The zero-order chi connectivity index (χ0) is 11.5. The summed E-state index contributed by atoms with van der Waals surface area (Å²) in [7, 11) is 0. The van der Waals surface area contributed by atoms with Crippen molar-refractivity contribution in [3.8, 4) is 0 Å². The maximum atomic E-state index is 8.03. The molecule has 4 heteroatoms. The molecule has 1 aromatic heterocycles. The van der Waals surface area contributed by atoms with E-state index in [9.17, 15) is 0 Å². The second-order valence-corrected chi connectivity index (χ2v) is 3.49. The first-order valence-corrected chi connectivity index (χ1v) is 4.92. The fraction of sp³-hybridized carbons (Fsp3) is 0.0833. The number of aromatic nitrogens is 2. The lowest BCUT2D eigenvalue weighted by molar-refractivity contribution is 1.10. The number of hydrogen-bond acceptors (Lipinski definition) is 4. The maximum Gasteiger partial charge on any atom is 0.151 e. The normalized spacial score (nSPS) is 10.1. The minimum Gasteiger partial charge on any atom is -0.382 e. The fourth-order valence-electron chi connectivity index (χ4n) is 1.41. The molecule has 0 aliphatic rings. The average molecular weight is 212 g/mol. The number of anilines is 1. The fourth-order valence-corrected chi connectivity index (χ4v) is 1.41. The summed E-state index contributed by atoms with van der Waals surface area (Å²) < 4.78 is 0. The summed E-state index contributed by atoms with van der Waals surface area (Å²) in [4.78, 5) is 8.24. The highest BCUT2D eigenvalue weighted by molar-refractivity contribution is 6.11. The van der Waals surface area contributed by atoms with E-state index in [1.165, 1.54) is 0 Å². The first-order valence-electron chi connectivity index (χ1n) is 4.92. The lowest BCUT2D eigenvalue weighted by Crippen LogP contribution is -2.10. The van der Waals surface area contributed by atoms with Crippen LogP contribution < -0.4 is 5.73 Å². The third-order valence-corrected chi connectivity index (χ3v) is 2.22. The van der Waals surface area contributed by atoms with Gasteiger partial charge < -0.3 is 5.73 Å². The van der Waals surface area contributed by atoms with Crippen LogP contribution in [-0.4, -0.2) is 15.7 Å². The third kappa shape index (κ3) is 1.91. The maximum absolute atomic E-state index is 8.03. The molecule has 0 aliphatic heterocycles. The Morgan fingerprint density at radius 3 is 2.62 bits per heavy atom. The highest BCUT2D eigenvalue weighted by atomic mass is 14.9. The quantitative estimate of drug-likeness (QED) is 0.745. The van der Waals surface area contributed by atoms with Crippen LogP contribution in [-0.2, 0) is 0 Å². The van der Waals surface area contributed by atoms with Crippen LogP contribution >= 0.6 is 0 Å². The van der Waals surface area contributed by atoms with Gasteiger partial charge in [0.2, 0.25) is 0 Å². The minimum atomic E-state index is 0.291. The van der Waals surface area contributed by atoms with Crippen molar-refractivity contribution in [1.82, 2.24) is 9.97 Å². The van der Waals surface area contributed by atoms with Crippen LogP contribution in [0.1, 0.15) is 17.0 Å². The molecule has 3 N–H and O–H groups in total. The van der Waals surface area contributed by atoms with E-state index in [-0.39, 0.29) is 0 Å². The van der Waals surface area contributed by atoms with E-state index >= 15 is 0 Å². The van der Waals surface area contributed by atoms with Crippen LogP contribution in [0.15, 0.2) is 36.5 Å². The summed E-state index contributed by atoms with van der Waals surface area (Å²) in [5.74, 6) is 0.291. The first-order chi connectivity index (χ1) is 7.68. The van der Waals surface area contributed by atoms with Gasteiger partial charge in [-0.1, -0.05) is 30.3 Å². The predicted octanol–water partition coefficient (Wildman–Crippen LogP) is 1.78. The molecule has 2 rings (SSSR count). The van der Waals surface area contributed by atoms with Crippen LogP contribution in [0.25, 0.3) is 0 Å². The van der Waals surface area contributed by atoms with Gasteiger partial charge >= 0.3 is 0 Å². The number of rotatable bonds is 2. The molecule has 0 spiro atoms. The first kappa shape index (κ1) is 10.3. The molecule has 0 bridgehead atoms. The van der Waals surface area contributed by atoms with Crippen molar-refractivity contribution >= 4 is 11.5 Å². The summed E-state index contributed by atoms with van der Waals surface area (Å²) in [6.45, 7) is 1.83. The number of benzene rings is 1. The lowest BCUT2D eigenvalue weighted by Gasteiger charge is -2.06. The Balaban J connectivity index is 2.46. The highest BCUT2D eigenvalue weighted by Gasteiger charge is 2.10. The molecule has 0 fully saturated rings. The second kappa shape index (κ2) is 4.10. The second-order valence-electron chi connectivity index (χ2n) is 3.49. The van der Waals surface area contributed by atoms with Crippen LogP contribution in [0.2, 0.25) is 0 Å². The topological polar surface area (TPSA) is 75.7 Å². The van der Waals surface area contributed by atoms with Gasteiger partial charge in [-0.05, 0) is 6.92 Å². The Kier molecular flexibility index (Phi) is 2.64. The molecular formula is C12H12N4. The van der Waals surface area contributed by atoms with Gasteiger partial charge in [-0.15, -0.1) is 0 Å². The Hall–Kier alpha value is -2.23. The molecule has 0 atom stereocenters. The molecule has 1 heterocycles. The molecule has 0 unspecified atom stereocenters. The summed E-state index contributed by atoms with van der Waals surface area (Å²) >= 11 is 0. The summed E-state index contributed by atoms with van der Waals surface area (Å²) in [5, 5.41) is 8.03. The van der Waals surface area contributed by atoms with Gasteiger partial charge in [0.05, 0.1) is 17.6 Å². The number of nitrogens with one attached hydrogen (secondary N) is 1. The van der Waals surface area contributed by atoms with Gasteiger partial charge in [0.25, 0.3) is 0 Å². The molecule has 0 radical (unpaired) electrons. The van der Waals surface area contributed by atoms with Crippen molar-refractivity contribution in [2.24, 2.45) is 0 Å². The van der Waals surface area contributed by atoms with E-state index in [1.807, 2.05) is 37.3 Å². The Morgan fingerprint density at radius 2 is 1.94 bits per heavy atom. The van der Waals surface area contributed by atoms with Gasteiger partial charge in [-0.2, -0.15) is 0 Å². The highest BCUT2D eigenvalue weighted by Crippen LogP contribution is 2.12. The molecule has 0 aliphatic carbocycles. The SMILES string of the molecule is Cc1cnc(N)c(C(=N)c2ccccc2)n1. The van der Waals surface area contributed by atoms with Gasteiger partial charge in [0.1, 0.15) is 5.69 Å². The Bertz CT molecular complexity index is 520. The molecule has 0 saturated heterocycles.